The molecule has 0 rings (SSSR count). The molecule has 0 saturated carbocycles. The van der Waals surface area contributed by atoms with Crippen LogP contribution in [0.1, 0.15) is 6.42 Å². The van der Waals surface area contributed by atoms with Crippen molar-refractivity contribution in [1.29, 1.82) is 0 Å². The maximum Gasteiger partial charge on any atom is 0.500 e. The van der Waals surface area contributed by atoms with Gasteiger partial charge >= 0.3 is 8.80 Å². The third-order valence-corrected chi connectivity index (χ3v) is 6.60. The summed E-state index contributed by atoms with van der Waals surface area (Å²) >= 11 is 0. The van der Waals surface area contributed by atoms with E-state index in [4.69, 9.17) is 19.0 Å². The standard InChI is InChI=1S/C11H30N2O3Si2/c1-14-18(15-2,16-11-17(3,4)5)10-6-8-13-9-7-12/h13H,6-12H2,1-5H3. The number of nitrogens with two attached hydrogens (primary N) is 1. The van der Waals surface area contributed by atoms with Crippen LogP contribution in [0.5, 0.6) is 0 Å². The van der Waals surface area contributed by atoms with Gasteiger partial charge in [-0.2, -0.15) is 0 Å². The summed E-state index contributed by atoms with van der Waals surface area (Å²) in [5.74, 6) is 0. The van der Waals surface area contributed by atoms with Crippen molar-refractivity contribution in [1.82, 2.24) is 5.32 Å². The zero-order chi connectivity index (χ0) is 14.1. The van der Waals surface area contributed by atoms with Gasteiger partial charge < -0.3 is 24.3 Å². The Balaban J connectivity index is 4.09. The summed E-state index contributed by atoms with van der Waals surface area (Å²) in [6, 6.07) is 0.849. The van der Waals surface area contributed by atoms with E-state index in [1.807, 2.05) is 0 Å². The highest BCUT2D eigenvalue weighted by Crippen LogP contribution is 2.17. The molecule has 0 bridgehead atoms. The summed E-state index contributed by atoms with van der Waals surface area (Å²) in [6.07, 6.45) is 1.77. The van der Waals surface area contributed by atoms with Crippen molar-refractivity contribution in [2.24, 2.45) is 5.73 Å². The topological polar surface area (TPSA) is 65.7 Å². The van der Waals surface area contributed by atoms with Crippen LogP contribution in [-0.2, 0) is 13.3 Å². The summed E-state index contributed by atoms with van der Waals surface area (Å²) in [6.45, 7) is 9.28. The van der Waals surface area contributed by atoms with Crippen LogP contribution in [0.4, 0.5) is 0 Å². The van der Waals surface area contributed by atoms with Gasteiger partial charge in [0.05, 0.1) is 8.07 Å². The van der Waals surface area contributed by atoms with Crippen molar-refractivity contribution >= 4 is 16.9 Å². The first-order valence-corrected chi connectivity index (χ1v) is 12.2. The van der Waals surface area contributed by atoms with Gasteiger partial charge in [-0.05, 0) is 13.0 Å². The van der Waals surface area contributed by atoms with Crippen molar-refractivity contribution in [3.8, 4) is 0 Å². The van der Waals surface area contributed by atoms with Crippen LogP contribution in [0.3, 0.4) is 0 Å². The van der Waals surface area contributed by atoms with E-state index in [0.29, 0.717) is 6.54 Å². The summed E-state index contributed by atoms with van der Waals surface area (Å²) in [5.41, 5.74) is 5.42. The summed E-state index contributed by atoms with van der Waals surface area (Å²) in [5, 5.41) is 3.27. The predicted octanol–water partition coefficient (Wildman–Crippen LogP) is 1.05. The minimum Gasteiger partial charge on any atom is -0.377 e. The Morgan fingerprint density at radius 1 is 1.06 bits per heavy atom. The molecule has 3 N–H and O–H groups in total. The first kappa shape index (κ1) is 18.2. The molecule has 0 atom stereocenters. The van der Waals surface area contributed by atoms with E-state index in [1.165, 1.54) is 0 Å². The molecule has 0 aromatic carbocycles. The first-order valence-electron chi connectivity index (χ1n) is 6.54. The lowest BCUT2D eigenvalue weighted by molar-refractivity contribution is 0.113. The van der Waals surface area contributed by atoms with E-state index in [-0.39, 0.29) is 0 Å². The average molecular weight is 295 g/mol. The largest absolute Gasteiger partial charge is 0.500 e. The third kappa shape index (κ3) is 8.36. The Morgan fingerprint density at radius 3 is 2.11 bits per heavy atom. The second kappa shape index (κ2) is 9.19. The smallest absolute Gasteiger partial charge is 0.377 e. The van der Waals surface area contributed by atoms with Crippen LogP contribution in [0.2, 0.25) is 25.7 Å². The summed E-state index contributed by atoms with van der Waals surface area (Å²) in [4.78, 5) is 0. The van der Waals surface area contributed by atoms with E-state index >= 15 is 0 Å². The number of hydrogen-bond donors (Lipinski definition) is 2. The zero-order valence-electron chi connectivity index (χ0n) is 12.5. The lowest BCUT2D eigenvalue weighted by atomic mass is 10.5. The molecule has 0 aliphatic rings. The SMILES string of the molecule is CO[Si](CCCNCCN)(OC)OC[Si](C)(C)C. The van der Waals surface area contributed by atoms with Gasteiger partial charge in [0.2, 0.25) is 0 Å². The van der Waals surface area contributed by atoms with Crippen molar-refractivity contribution < 1.29 is 13.3 Å². The molecule has 7 heteroatoms. The molecule has 0 aromatic heterocycles. The predicted molar refractivity (Wildman–Crippen MR) is 80.4 cm³/mol. The molecule has 0 unspecified atom stereocenters. The van der Waals surface area contributed by atoms with E-state index in [1.54, 1.807) is 14.2 Å². The van der Waals surface area contributed by atoms with E-state index in [0.717, 1.165) is 31.8 Å². The van der Waals surface area contributed by atoms with Crippen molar-refractivity contribution in [3.05, 3.63) is 0 Å². The quantitative estimate of drug-likeness (QED) is 0.440. The highest BCUT2D eigenvalue weighted by molar-refractivity contribution is 6.77. The maximum absolute atomic E-state index is 6.00. The maximum atomic E-state index is 6.00. The van der Waals surface area contributed by atoms with Crippen molar-refractivity contribution in [2.75, 3.05) is 40.1 Å². The second-order valence-electron chi connectivity index (χ2n) is 5.58. The van der Waals surface area contributed by atoms with Crippen LogP contribution in [-0.4, -0.2) is 57.0 Å². The molecule has 5 nitrogen and oxygen atoms in total. The van der Waals surface area contributed by atoms with E-state index in [2.05, 4.69) is 25.0 Å². The van der Waals surface area contributed by atoms with E-state index in [9.17, 15) is 0 Å². The van der Waals surface area contributed by atoms with Gasteiger partial charge in [0.15, 0.2) is 0 Å². The lowest BCUT2D eigenvalue weighted by Gasteiger charge is -2.29. The molecule has 0 spiro atoms. The van der Waals surface area contributed by atoms with Gasteiger partial charge in [0, 0.05) is 39.6 Å². The summed E-state index contributed by atoms with van der Waals surface area (Å²) in [7, 11) is -0.314. The van der Waals surface area contributed by atoms with Crippen LogP contribution >= 0.6 is 0 Å². The van der Waals surface area contributed by atoms with Crippen molar-refractivity contribution in [2.45, 2.75) is 32.1 Å². The average Bonchev–Trinajstić information content (AvgIpc) is 2.32. The zero-order valence-corrected chi connectivity index (χ0v) is 14.5. The molecular formula is C11H30N2O3Si2. The Kier molecular flexibility index (Phi) is 9.31. The monoisotopic (exact) mass is 294 g/mol. The minimum atomic E-state index is -2.45. The normalized spacial score (nSPS) is 13.0. The molecule has 0 aliphatic heterocycles. The minimum absolute atomic E-state index is 0.670. The molecule has 18 heavy (non-hydrogen) atoms. The molecule has 0 heterocycles. The molecule has 0 aromatic rings. The molecule has 110 valence electrons. The highest BCUT2D eigenvalue weighted by atomic mass is 28.4. The van der Waals surface area contributed by atoms with Gasteiger partial charge in [-0.3, -0.25) is 0 Å². The second-order valence-corrected chi connectivity index (χ2v) is 14.0. The Hall–Kier alpha value is 0.234. The Labute approximate surface area is 114 Å². The van der Waals surface area contributed by atoms with Crippen LogP contribution in [0.25, 0.3) is 0 Å². The number of hydrogen-bond acceptors (Lipinski definition) is 5. The molecule has 0 amide bonds. The number of nitrogens with one attached hydrogen (secondary N) is 1. The lowest BCUT2D eigenvalue weighted by Crippen LogP contribution is -2.48. The van der Waals surface area contributed by atoms with Crippen molar-refractivity contribution in [3.63, 3.8) is 0 Å². The molecule has 0 aliphatic carbocycles. The molecule has 0 saturated heterocycles. The van der Waals surface area contributed by atoms with Gasteiger partial charge in [-0.1, -0.05) is 19.6 Å². The summed E-state index contributed by atoms with van der Waals surface area (Å²) < 4.78 is 17.1. The van der Waals surface area contributed by atoms with Gasteiger partial charge in [-0.25, -0.2) is 0 Å². The molecule has 0 fully saturated rings. The van der Waals surface area contributed by atoms with Gasteiger partial charge in [-0.15, -0.1) is 0 Å². The fourth-order valence-electron chi connectivity index (χ4n) is 1.46. The number of rotatable bonds is 11. The highest BCUT2D eigenvalue weighted by Gasteiger charge is 2.39. The fraction of sp³-hybridized carbons (Fsp3) is 1.00. The Bertz CT molecular complexity index is 209. The Morgan fingerprint density at radius 2 is 1.67 bits per heavy atom. The van der Waals surface area contributed by atoms with Crippen LogP contribution in [0.15, 0.2) is 0 Å². The third-order valence-electron chi connectivity index (χ3n) is 2.50. The fourth-order valence-corrected chi connectivity index (χ4v) is 5.64. The van der Waals surface area contributed by atoms with E-state index < -0.39 is 16.9 Å². The first-order chi connectivity index (χ1) is 8.39. The van der Waals surface area contributed by atoms with Gasteiger partial charge in [0.1, 0.15) is 0 Å². The molecular weight excluding hydrogens is 264 g/mol. The van der Waals surface area contributed by atoms with Crippen LogP contribution < -0.4 is 11.1 Å². The molecule has 0 radical (unpaired) electrons. The van der Waals surface area contributed by atoms with Crippen LogP contribution in [0, 0.1) is 0 Å². The van der Waals surface area contributed by atoms with Gasteiger partial charge in [0.25, 0.3) is 0 Å².